The molecule has 2 heterocycles. The summed E-state index contributed by atoms with van der Waals surface area (Å²) in [6.07, 6.45) is 4.84. The molecule has 0 spiro atoms. The van der Waals surface area contributed by atoms with E-state index in [-0.39, 0.29) is 18.2 Å². The molecule has 1 aliphatic carbocycles. The molecule has 0 saturated heterocycles. The summed E-state index contributed by atoms with van der Waals surface area (Å²) >= 11 is 0. The van der Waals surface area contributed by atoms with Crippen molar-refractivity contribution in [1.29, 1.82) is 0 Å². The first kappa shape index (κ1) is 25.8. The second kappa shape index (κ2) is 11.3. The van der Waals surface area contributed by atoms with E-state index in [0.717, 1.165) is 32.1 Å². The highest BCUT2D eigenvalue weighted by Crippen LogP contribution is 2.38. The van der Waals surface area contributed by atoms with Gasteiger partial charge in [0, 0.05) is 23.4 Å². The van der Waals surface area contributed by atoms with Crippen LogP contribution in [-0.2, 0) is 16.1 Å². The maximum atomic E-state index is 15.4. The fourth-order valence-electron chi connectivity index (χ4n) is 5.48. The predicted octanol–water partition coefficient (Wildman–Crippen LogP) is 4.57. The molecule has 2 aliphatic rings. The van der Waals surface area contributed by atoms with Crippen LogP contribution in [0.5, 0.6) is 11.5 Å². The maximum absolute atomic E-state index is 15.4. The molecule has 3 aromatic carbocycles. The molecular weight excluding hydrogens is 513 g/mol. The van der Waals surface area contributed by atoms with Crippen LogP contribution < -0.4 is 19.7 Å². The number of nitrogens with zero attached hydrogens (tertiary/aromatic N) is 4. The number of rotatable bonds is 7. The van der Waals surface area contributed by atoms with Crippen LogP contribution in [0.15, 0.2) is 66.7 Å². The zero-order valence-electron chi connectivity index (χ0n) is 22.0. The standard InChI is InChI=1S/C30H30FN5O4/c31-23-11-5-4-10-22(23)29(30(38)32-20-8-2-1-3-9-20)36(21-14-15-26-27(18-21)40-17-16-39-26)28(37)19-35-25-13-7-6-12-24(25)33-34-35/h4-7,10-15,18,20,29H,1-3,8-9,16-17,19H2,(H,32,38)/t29-/m0/s1. The Hall–Kier alpha value is -4.47. The minimum absolute atomic E-state index is 0.0352. The summed E-state index contributed by atoms with van der Waals surface area (Å²) in [5.41, 5.74) is 1.79. The summed E-state index contributed by atoms with van der Waals surface area (Å²) in [5.74, 6) is -0.484. The van der Waals surface area contributed by atoms with Crippen LogP contribution in [-0.4, -0.2) is 46.1 Å². The molecule has 1 N–H and O–H groups in total. The molecular formula is C30H30FN5O4. The van der Waals surface area contributed by atoms with Crippen molar-refractivity contribution in [2.24, 2.45) is 0 Å². The first-order valence-electron chi connectivity index (χ1n) is 13.6. The lowest BCUT2D eigenvalue weighted by Crippen LogP contribution is -2.48. The summed E-state index contributed by atoms with van der Waals surface area (Å²) < 4.78 is 28.3. The molecule has 206 valence electrons. The Kier molecular flexibility index (Phi) is 7.31. The Morgan fingerprint density at radius 1 is 0.975 bits per heavy atom. The molecule has 1 fully saturated rings. The first-order chi connectivity index (χ1) is 19.6. The van der Waals surface area contributed by atoms with Gasteiger partial charge < -0.3 is 14.8 Å². The van der Waals surface area contributed by atoms with E-state index in [0.29, 0.717) is 41.4 Å². The molecule has 0 radical (unpaired) electrons. The fourth-order valence-corrected chi connectivity index (χ4v) is 5.48. The number of anilines is 1. The SMILES string of the molecule is O=C(NC1CCCCC1)[C@H](c1ccccc1F)N(C(=O)Cn1nnc2ccccc21)c1ccc2c(c1)OCCO2. The third-order valence-electron chi connectivity index (χ3n) is 7.44. The minimum Gasteiger partial charge on any atom is -0.486 e. The fraction of sp³-hybridized carbons (Fsp3) is 0.333. The number of para-hydroxylation sites is 1. The van der Waals surface area contributed by atoms with Crippen molar-refractivity contribution in [3.05, 3.63) is 78.1 Å². The van der Waals surface area contributed by atoms with E-state index in [9.17, 15) is 9.59 Å². The summed E-state index contributed by atoms with van der Waals surface area (Å²) in [6.45, 7) is 0.556. The van der Waals surface area contributed by atoms with Gasteiger partial charge in [0.2, 0.25) is 11.8 Å². The first-order valence-corrected chi connectivity index (χ1v) is 13.6. The van der Waals surface area contributed by atoms with Gasteiger partial charge in [0.1, 0.15) is 37.1 Å². The lowest BCUT2D eigenvalue weighted by atomic mass is 9.94. The van der Waals surface area contributed by atoms with Gasteiger partial charge in [-0.05, 0) is 43.2 Å². The minimum atomic E-state index is -1.27. The predicted molar refractivity (Wildman–Crippen MR) is 147 cm³/mol. The Bertz CT molecular complexity index is 1530. The van der Waals surface area contributed by atoms with Crippen molar-refractivity contribution >= 4 is 28.5 Å². The summed E-state index contributed by atoms with van der Waals surface area (Å²) in [6, 6.07) is 17.1. The third-order valence-corrected chi connectivity index (χ3v) is 7.44. The van der Waals surface area contributed by atoms with Crippen LogP contribution in [0.2, 0.25) is 0 Å². The highest BCUT2D eigenvalue weighted by atomic mass is 19.1. The van der Waals surface area contributed by atoms with Crippen molar-refractivity contribution in [3.8, 4) is 11.5 Å². The van der Waals surface area contributed by atoms with Gasteiger partial charge in [-0.3, -0.25) is 14.5 Å². The van der Waals surface area contributed by atoms with E-state index in [1.54, 1.807) is 36.4 Å². The van der Waals surface area contributed by atoms with Crippen LogP contribution in [0.1, 0.15) is 43.7 Å². The number of halogens is 1. The molecule has 6 rings (SSSR count). The average Bonchev–Trinajstić information content (AvgIpc) is 3.39. The molecule has 40 heavy (non-hydrogen) atoms. The van der Waals surface area contributed by atoms with E-state index in [2.05, 4.69) is 15.6 Å². The Morgan fingerprint density at radius 2 is 1.73 bits per heavy atom. The smallest absolute Gasteiger partial charge is 0.249 e. The molecule has 4 aromatic rings. The number of amides is 2. The number of carbonyl (C=O) groups is 2. The lowest BCUT2D eigenvalue weighted by molar-refractivity contribution is -0.127. The van der Waals surface area contributed by atoms with E-state index >= 15 is 4.39 Å². The number of hydrogen-bond donors (Lipinski definition) is 1. The Labute approximate surface area is 230 Å². The van der Waals surface area contributed by atoms with Crippen LogP contribution in [0.25, 0.3) is 11.0 Å². The molecule has 1 aromatic heterocycles. The van der Waals surface area contributed by atoms with Crippen LogP contribution >= 0.6 is 0 Å². The van der Waals surface area contributed by atoms with Gasteiger partial charge in [-0.1, -0.05) is 54.8 Å². The van der Waals surface area contributed by atoms with Gasteiger partial charge in [-0.2, -0.15) is 0 Å². The molecule has 0 bridgehead atoms. The van der Waals surface area contributed by atoms with Crippen molar-refractivity contribution < 1.29 is 23.5 Å². The zero-order valence-corrected chi connectivity index (χ0v) is 22.0. The molecule has 10 heteroatoms. The monoisotopic (exact) mass is 543 g/mol. The summed E-state index contributed by atoms with van der Waals surface area (Å²) in [5, 5.41) is 11.4. The number of nitrogens with one attached hydrogen (secondary N) is 1. The largest absolute Gasteiger partial charge is 0.486 e. The number of carbonyl (C=O) groups excluding carboxylic acids is 2. The van der Waals surface area contributed by atoms with Gasteiger partial charge >= 0.3 is 0 Å². The van der Waals surface area contributed by atoms with Crippen LogP contribution in [0, 0.1) is 5.82 Å². The highest BCUT2D eigenvalue weighted by Gasteiger charge is 2.36. The van der Waals surface area contributed by atoms with Crippen LogP contribution in [0.3, 0.4) is 0 Å². The van der Waals surface area contributed by atoms with Gasteiger partial charge in [0.15, 0.2) is 11.5 Å². The molecule has 1 aliphatic heterocycles. The van der Waals surface area contributed by atoms with Crippen LogP contribution in [0.4, 0.5) is 10.1 Å². The van der Waals surface area contributed by atoms with Gasteiger partial charge in [0.25, 0.3) is 0 Å². The second-order valence-corrected chi connectivity index (χ2v) is 10.1. The highest BCUT2D eigenvalue weighted by molar-refractivity contribution is 6.02. The average molecular weight is 544 g/mol. The Morgan fingerprint density at radius 3 is 2.55 bits per heavy atom. The van der Waals surface area contributed by atoms with Crippen molar-refractivity contribution in [1.82, 2.24) is 20.3 Å². The second-order valence-electron chi connectivity index (χ2n) is 10.1. The molecule has 9 nitrogen and oxygen atoms in total. The van der Waals surface area contributed by atoms with E-state index in [4.69, 9.17) is 9.47 Å². The number of ether oxygens (including phenoxy) is 2. The van der Waals surface area contributed by atoms with Gasteiger partial charge in [-0.15, -0.1) is 5.10 Å². The van der Waals surface area contributed by atoms with Gasteiger partial charge in [-0.25, -0.2) is 9.07 Å². The molecule has 1 saturated carbocycles. The molecule has 1 atom stereocenters. The third kappa shape index (κ3) is 5.21. The zero-order chi connectivity index (χ0) is 27.5. The molecule has 0 unspecified atom stereocenters. The number of fused-ring (bicyclic) bond motifs is 2. The van der Waals surface area contributed by atoms with E-state index in [1.807, 2.05) is 24.3 Å². The summed E-state index contributed by atoms with van der Waals surface area (Å²) in [4.78, 5) is 29.6. The topological polar surface area (TPSA) is 98.6 Å². The normalized spacial score (nSPS) is 15.9. The maximum Gasteiger partial charge on any atom is 0.249 e. The van der Waals surface area contributed by atoms with Crippen molar-refractivity contribution in [2.75, 3.05) is 18.1 Å². The van der Waals surface area contributed by atoms with Crippen molar-refractivity contribution in [2.45, 2.75) is 50.7 Å². The number of benzene rings is 3. The Balaban J connectivity index is 1.44. The number of aromatic nitrogens is 3. The molecule has 2 amide bonds. The lowest BCUT2D eigenvalue weighted by Gasteiger charge is -2.34. The van der Waals surface area contributed by atoms with Gasteiger partial charge in [0.05, 0.1) is 5.52 Å². The van der Waals surface area contributed by atoms with E-state index < -0.39 is 23.7 Å². The quantitative estimate of drug-likeness (QED) is 0.367. The number of hydrogen-bond acceptors (Lipinski definition) is 6. The summed E-state index contributed by atoms with van der Waals surface area (Å²) in [7, 11) is 0. The van der Waals surface area contributed by atoms with E-state index in [1.165, 1.54) is 15.6 Å². The van der Waals surface area contributed by atoms with Crippen molar-refractivity contribution in [3.63, 3.8) is 0 Å².